The summed E-state index contributed by atoms with van der Waals surface area (Å²) >= 11 is 10.1. The number of ether oxygens (including phenoxy) is 2. The molecule has 1 fully saturated rings. The van der Waals surface area contributed by atoms with Crippen molar-refractivity contribution in [1.29, 1.82) is 0 Å². The summed E-state index contributed by atoms with van der Waals surface area (Å²) in [6.45, 7) is 2.95. The molecule has 1 aromatic carbocycles. The molecule has 1 aromatic rings. The lowest BCUT2D eigenvalue weighted by atomic mass is 10.0. The Morgan fingerprint density at radius 2 is 2.32 bits per heavy atom. The zero-order valence-corrected chi connectivity index (χ0v) is 13.8. The second-order valence-corrected chi connectivity index (χ2v) is 6.40. The minimum Gasteiger partial charge on any atom is -0.496 e. The highest BCUT2D eigenvalue weighted by atomic mass is 79.9. The van der Waals surface area contributed by atoms with E-state index in [1.54, 1.807) is 7.11 Å². The third-order valence-electron chi connectivity index (χ3n) is 3.61. The van der Waals surface area contributed by atoms with Crippen LogP contribution in [0.1, 0.15) is 42.2 Å². The first-order chi connectivity index (χ1) is 9.11. The summed E-state index contributed by atoms with van der Waals surface area (Å²) in [7, 11) is 1.69. The molecular formula is C15H20BrClO2. The minimum atomic E-state index is -0.0314. The first kappa shape index (κ1) is 15.1. The summed E-state index contributed by atoms with van der Waals surface area (Å²) in [4.78, 5) is 0. The highest BCUT2D eigenvalue weighted by Crippen LogP contribution is 2.37. The molecule has 0 bridgehead atoms. The predicted octanol–water partition coefficient (Wildman–Crippen LogP) is 5.01. The molecule has 0 aromatic heterocycles. The van der Waals surface area contributed by atoms with Crippen molar-refractivity contribution >= 4 is 27.5 Å². The van der Waals surface area contributed by atoms with Gasteiger partial charge >= 0.3 is 0 Å². The molecule has 1 heterocycles. The van der Waals surface area contributed by atoms with Crippen LogP contribution >= 0.6 is 27.5 Å². The third kappa shape index (κ3) is 3.87. The normalized spacial score (nSPS) is 20.5. The Labute approximate surface area is 128 Å². The molecule has 0 radical (unpaired) electrons. The topological polar surface area (TPSA) is 18.5 Å². The summed E-state index contributed by atoms with van der Waals surface area (Å²) in [5, 5.41) is -0.0314. The van der Waals surface area contributed by atoms with Crippen LogP contribution in [0, 0.1) is 6.92 Å². The zero-order chi connectivity index (χ0) is 13.8. The van der Waals surface area contributed by atoms with Crippen molar-refractivity contribution in [1.82, 2.24) is 0 Å². The number of hydrogen-bond donors (Lipinski definition) is 0. The van der Waals surface area contributed by atoms with E-state index in [9.17, 15) is 0 Å². The van der Waals surface area contributed by atoms with Crippen LogP contribution in [-0.4, -0.2) is 19.8 Å². The Bertz CT molecular complexity index is 430. The number of methoxy groups -OCH3 is 1. The maximum atomic E-state index is 6.54. The molecule has 0 amide bonds. The van der Waals surface area contributed by atoms with Crippen LogP contribution in [-0.2, 0) is 4.74 Å². The second kappa shape index (κ2) is 6.96. The van der Waals surface area contributed by atoms with Gasteiger partial charge in [0.05, 0.1) is 18.6 Å². The number of benzene rings is 1. The van der Waals surface area contributed by atoms with E-state index in [0.717, 1.165) is 40.8 Å². The van der Waals surface area contributed by atoms with E-state index in [4.69, 9.17) is 21.1 Å². The lowest BCUT2D eigenvalue weighted by Crippen LogP contribution is -2.06. The average Bonchev–Trinajstić information content (AvgIpc) is 2.91. The number of aryl methyl sites for hydroxylation is 1. The molecule has 0 aliphatic carbocycles. The summed E-state index contributed by atoms with van der Waals surface area (Å²) in [6.07, 6.45) is 4.66. The number of alkyl halides is 1. The molecule has 4 heteroatoms. The van der Waals surface area contributed by atoms with Gasteiger partial charge in [-0.1, -0.05) is 15.9 Å². The lowest BCUT2D eigenvalue weighted by molar-refractivity contribution is 0.102. The van der Waals surface area contributed by atoms with Crippen LogP contribution in [0.25, 0.3) is 0 Å². The first-order valence-electron chi connectivity index (χ1n) is 6.71. The predicted molar refractivity (Wildman–Crippen MR) is 82.2 cm³/mol. The molecule has 2 nitrogen and oxygen atoms in total. The van der Waals surface area contributed by atoms with Gasteiger partial charge in [0.2, 0.25) is 0 Å². The van der Waals surface area contributed by atoms with Gasteiger partial charge in [0.15, 0.2) is 0 Å². The molecule has 1 aliphatic heterocycles. The minimum absolute atomic E-state index is 0.0314. The van der Waals surface area contributed by atoms with Crippen molar-refractivity contribution in [3.63, 3.8) is 0 Å². The number of hydrogen-bond acceptors (Lipinski definition) is 2. The molecule has 106 valence electrons. The van der Waals surface area contributed by atoms with Crippen molar-refractivity contribution in [2.24, 2.45) is 0 Å². The number of halogens is 2. The Balaban J connectivity index is 2.04. The fraction of sp³-hybridized carbons (Fsp3) is 0.600. The van der Waals surface area contributed by atoms with Crippen molar-refractivity contribution < 1.29 is 9.47 Å². The quantitative estimate of drug-likeness (QED) is 0.697. The van der Waals surface area contributed by atoms with Crippen LogP contribution in [0.3, 0.4) is 0 Å². The fourth-order valence-electron chi connectivity index (χ4n) is 2.45. The Morgan fingerprint density at radius 3 is 2.95 bits per heavy atom. The van der Waals surface area contributed by atoms with Gasteiger partial charge in [0.25, 0.3) is 0 Å². The second-order valence-electron chi connectivity index (χ2n) is 5.02. The Kier molecular flexibility index (Phi) is 5.55. The molecule has 0 N–H and O–H groups in total. The molecule has 1 saturated heterocycles. The van der Waals surface area contributed by atoms with E-state index in [0.29, 0.717) is 6.10 Å². The standard InChI is InChI=1S/C15H20BrClO2/c1-10-8-15(18-2)12(9-13(10)16)14(17)6-5-11-4-3-7-19-11/h8-9,11,14H,3-7H2,1-2H3. The summed E-state index contributed by atoms with van der Waals surface area (Å²) in [6, 6.07) is 4.10. The van der Waals surface area contributed by atoms with Crippen LogP contribution in [0.5, 0.6) is 5.75 Å². The lowest BCUT2D eigenvalue weighted by Gasteiger charge is -2.17. The van der Waals surface area contributed by atoms with Crippen molar-refractivity contribution in [2.45, 2.75) is 44.1 Å². The van der Waals surface area contributed by atoms with Crippen molar-refractivity contribution in [3.8, 4) is 5.75 Å². The maximum Gasteiger partial charge on any atom is 0.123 e. The first-order valence-corrected chi connectivity index (χ1v) is 7.94. The van der Waals surface area contributed by atoms with E-state index in [-0.39, 0.29) is 5.38 Å². The van der Waals surface area contributed by atoms with Gasteiger partial charge in [-0.25, -0.2) is 0 Å². The fourth-order valence-corrected chi connectivity index (χ4v) is 3.11. The molecule has 1 aliphatic rings. The zero-order valence-electron chi connectivity index (χ0n) is 11.4. The monoisotopic (exact) mass is 346 g/mol. The highest BCUT2D eigenvalue weighted by Gasteiger charge is 2.20. The summed E-state index contributed by atoms with van der Waals surface area (Å²) < 4.78 is 12.2. The average molecular weight is 348 g/mol. The van der Waals surface area contributed by atoms with E-state index in [2.05, 4.69) is 22.0 Å². The van der Waals surface area contributed by atoms with Gasteiger partial charge in [0.1, 0.15) is 5.75 Å². The van der Waals surface area contributed by atoms with Gasteiger partial charge < -0.3 is 9.47 Å². The molecule has 0 saturated carbocycles. The molecule has 2 rings (SSSR count). The SMILES string of the molecule is COc1cc(C)c(Br)cc1C(Cl)CCC1CCCO1. The van der Waals surface area contributed by atoms with Gasteiger partial charge in [-0.2, -0.15) is 0 Å². The molecule has 0 spiro atoms. The molecule has 2 unspecified atom stereocenters. The van der Waals surface area contributed by atoms with Crippen LogP contribution in [0.2, 0.25) is 0 Å². The number of rotatable bonds is 5. The van der Waals surface area contributed by atoms with Crippen LogP contribution in [0.4, 0.5) is 0 Å². The maximum absolute atomic E-state index is 6.54. The van der Waals surface area contributed by atoms with Crippen LogP contribution in [0.15, 0.2) is 16.6 Å². The smallest absolute Gasteiger partial charge is 0.123 e. The van der Waals surface area contributed by atoms with E-state index in [1.165, 1.54) is 12.8 Å². The summed E-state index contributed by atoms with van der Waals surface area (Å²) in [5.41, 5.74) is 2.21. The largest absolute Gasteiger partial charge is 0.496 e. The highest BCUT2D eigenvalue weighted by molar-refractivity contribution is 9.10. The van der Waals surface area contributed by atoms with Gasteiger partial charge in [-0.15, -0.1) is 11.6 Å². The molecular weight excluding hydrogens is 328 g/mol. The Morgan fingerprint density at radius 1 is 1.53 bits per heavy atom. The van der Waals surface area contributed by atoms with Gasteiger partial charge in [-0.3, -0.25) is 0 Å². The van der Waals surface area contributed by atoms with Gasteiger partial charge in [-0.05, 0) is 50.3 Å². The van der Waals surface area contributed by atoms with Crippen molar-refractivity contribution in [2.75, 3.05) is 13.7 Å². The van der Waals surface area contributed by atoms with Crippen molar-refractivity contribution in [3.05, 3.63) is 27.7 Å². The van der Waals surface area contributed by atoms with Crippen LogP contribution < -0.4 is 4.74 Å². The van der Waals surface area contributed by atoms with E-state index in [1.807, 2.05) is 13.0 Å². The van der Waals surface area contributed by atoms with E-state index < -0.39 is 0 Å². The molecule has 2 atom stereocenters. The summed E-state index contributed by atoms with van der Waals surface area (Å²) in [5.74, 6) is 0.869. The van der Waals surface area contributed by atoms with Gasteiger partial charge in [0, 0.05) is 16.6 Å². The Hall–Kier alpha value is -0.250. The molecule has 19 heavy (non-hydrogen) atoms. The third-order valence-corrected chi connectivity index (χ3v) is 4.92. The van der Waals surface area contributed by atoms with E-state index >= 15 is 0 Å².